The van der Waals surface area contributed by atoms with Crippen LogP contribution in [0.4, 0.5) is 9.18 Å². The van der Waals surface area contributed by atoms with Crippen molar-refractivity contribution in [3.8, 4) is 5.69 Å². The Balaban J connectivity index is 1.94. The van der Waals surface area contributed by atoms with Crippen molar-refractivity contribution in [1.29, 1.82) is 0 Å². The van der Waals surface area contributed by atoms with E-state index in [-0.39, 0.29) is 6.42 Å². The lowest BCUT2D eigenvalue weighted by Crippen LogP contribution is -2.38. The van der Waals surface area contributed by atoms with Gasteiger partial charge >= 0.3 is 6.09 Å². The van der Waals surface area contributed by atoms with Gasteiger partial charge in [-0.25, -0.2) is 14.2 Å². The van der Waals surface area contributed by atoms with Crippen LogP contribution in [0.2, 0.25) is 0 Å². The number of hydrogen-bond donors (Lipinski definition) is 0. The summed E-state index contributed by atoms with van der Waals surface area (Å²) in [6.45, 7) is 7.73. The van der Waals surface area contributed by atoms with Crippen LogP contribution in [0, 0.1) is 6.92 Å². The van der Waals surface area contributed by atoms with Crippen LogP contribution in [0.1, 0.15) is 44.6 Å². The number of aromatic nitrogens is 2. The molecule has 0 N–H and O–H groups in total. The van der Waals surface area contributed by atoms with Gasteiger partial charge in [0, 0.05) is 24.6 Å². The topological polar surface area (TPSA) is 47.4 Å². The maximum Gasteiger partial charge on any atom is 0.411 e. The van der Waals surface area contributed by atoms with Gasteiger partial charge in [-0.15, -0.1) is 0 Å². The molecule has 0 spiro atoms. The van der Waals surface area contributed by atoms with Gasteiger partial charge in [-0.2, -0.15) is 0 Å². The Morgan fingerprint density at radius 3 is 2.80 bits per heavy atom. The summed E-state index contributed by atoms with van der Waals surface area (Å²) >= 11 is 0. The first-order chi connectivity index (χ1) is 11.8. The monoisotopic (exact) mass is 345 g/mol. The number of amides is 1. The normalized spacial score (nSPS) is 20.8. The lowest BCUT2D eigenvalue weighted by atomic mass is 10.1. The second-order valence-corrected chi connectivity index (χ2v) is 7.42. The minimum atomic E-state index is -1.17. The summed E-state index contributed by atoms with van der Waals surface area (Å²) in [5.41, 5.74) is 1.38. The summed E-state index contributed by atoms with van der Waals surface area (Å²) in [5.74, 6) is 0.515. The van der Waals surface area contributed by atoms with Crippen molar-refractivity contribution in [3.05, 3.63) is 48.0 Å². The summed E-state index contributed by atoms with van der Waals surface area (Å²) in [7, 11) is 0. The zero-order chi connectivity index (χ0) is 18.2. The molecule has 0 saturated carbocycles. The van der Waals surface area contributed by atoms with E-state index in [1.807, 2.05) is 35.8 Å². The van der Waals surface area contributed by atoms with Crippen molar-refractivity contribution < 1.29 is 13.9 Å². The highest BCUT2D eigenvalue weighted by molar-refractivity contribution is 5.69. The molecule has 2 unspecified atom stereocenters. The standard InChI is InChI=1S/C19H24FN3O2/c1-13-6-5-7-14(12-13)22-11-9-21-17(22)16-15(20)8-10-23(16)18(24)25-19(2,3)4/h5-7,9,11-12,15-16H,8,10H2,1-4H3. The fourth-order valence-corrected chi connectivity index (χ4v) is 3.11. The van der Waals surface area contributed by atoms with Gasteiger partial charge in [-0.1, -0.05) is 12.1 Å². The highest BCUT2D eigenvalue weighted by Crippen LogP contribution is 2.35. The van der Waals surface area contributed by atoms with Crippen LogP contribution in [0.25, 0.3) is 5.69 Å². The third kappa shape index (κ3) is 3.67. The maximum absolute atomic E-state index is 14.7. The van der Waals surface area contributed by atoms with Crippen LogP contribution in [0.15, 0.2) is 36.7 Å². The summed E-state index contributed by atoms with van der Waals surface area (Å²) in [4.78, 5) is 18.3. The number of hydrogen-bond acceptors (Lipinski definition) is 3. The molecule has 5 nitrogen and oxygen atoms in total. The molecule has 2 atom stereocenters. The van der Waals surface area contributed by atoms with Crippen molar-refractivity contribution in [2.75, 3.05) is 6.54 Å². The second-order valence-electron chi connectivity index (χ2n) is 7.42. The predicted molar refractivity (Wildman–Crippen MR) is 93.5 cm³/mol. The Bertz CT molecular complexity index is 766. The van der Waals surface area contributed by atoms with Gasteiger partial charge in [0.2, 0.25) is 0 Å². The molecular formula is C19H24FN3O2. The molecule has 6 heteroatoms. The molecule has 0 bridgehead atoms. The lowest BCUT2D eigenvalue weighted by Gasteiger charge is -2.29. The molecule has 3 rings (SSSR count). The Hall–Kier alpha value is -2.37. The number of carbonyl (C=O) groups excluding carboxylic acids is 1. The molecule has 134 valence electrons. The third-order valence-corrected chi connectivity index (χ3v) is 4.17. The molecule has 1 aliphatic heterocycles. The molecule has 1 aromatic carbocycles. The fourth-order valence-electron chi connectivity index (χ4n) is 3.11. The summed E-state index contributed by atoms with van der Waals surface area (Å²) in [6, 6.07) is 7.15. The smallest absolute Gasteiger partial charge is 0.411 e. The van der Waals surface area contributed by atoms with Gasteiger partial charge in [-0.3, -0.25) is 4.90 Å². The van der Waals surface area contributed by atoms with Crippen molar-refractivity contribution in [1.82, 2.24) is 14.5 Å². The highest BCUT2D eigenvalue weighted by Gasteiger charge is 2.42. The van der Waals surface area contributed by atoms with Crippen LogP contribution in [-0.4, -0.2) is 38.9 Å². The Morgan fingerprint density at radius 2 is 2.12 bits per heavy atom. The number of imidazole rings is 1. The van der Waals surface area contributed by atoms with Crippen molar-refractivity contribution in [3.63, 3.8) is 0 Å². The summed E-state index contributed by atoms with van der Waals surface area (Å²) < 4.78 is 22.0. The van der Waals surface area contributed by atoms with E-state index in [0.29, 0.717) is 12.4 Å². The number of aryl methyl sites for hydroxylation is 1. The minimum absolute atomic E-state index is 0.282. The van der Waals surface area contributed by atoms with Gasteiger partial charge in [0.05, 0.1) is 0 Å². The molecule has 1 aliphatic rings. The minimum Gasteiger partial charge on any atom is -0.444 e. The first-order valence-corrected chi connectivity index (χ1v) is 8.50. The number of ether oxygens (including phenoxy) is 1. The van der Waals surface area contributed by atoms with E-state index >= 15 is 0 Å². The SMILES string of the molecule is Cc1cccc(-n2ccnc2C2C(F)CCN2C(=O)OC(C)(C)C)c1. The third-order valence-electron chi connectivity index (χ3n) is 4.17. The van der Waals surface area contributed by atoms with Crippen LogP contribution in [-0.2, 0) is 4.74 Å². The summed E-state index contributed by atoms with van der Waals surface area (Å²) in [5, 5.41) is 0. The van der Waals surface area contributed by atoms with E-state index in [0.717, 1.165) is 11.3 Å². The van der Waals surface area contributed by atoms with Gasteiger partial charge in [0.25, 0.3) is 0 Å². The molecule has 0 aliphatic carbocycles. The van der Waals surface area contributed by atoms with Crippen LogP contribution < -0.4 is 0 Å². The average Bonchev–Trinajstić information content (AvgIpc) is 3.11. The number of carbonyl (C=O) groups is 1. The van der Waals surface area contributed by atoms with E-state index in [1.165, 1.54) is 4.90 Å². The van der Waals surface area contributed by atoms with E-state index < -0.39 is 23.9 Å². The molecule has 1 saturated heterocycles. The molecule has 0 radical (unpaired) electrons. The largest absolute Gasteiger partial charge is 0.444 e. The molecule has 25 heavy (non-hydrogen) atoms. The first-order valence-electron chi connectivity index (χ1n) is 8.50. The van der Waals surface area contributed by atoms with Gasteiger partial charge < -0.3 is 9.30 Å². The van der Waals surface area contributed by atoms with E-state index in [1.54, 1.807) is 33.2 Å². The number of nitrogens with zero attached hydrogens (tertiary/aromatic N) is 3. The zero-order valence-electron chi connectivity index (χ0n) is 15.1. The highest BCUT2D eigenvalue weighted by atomic mass is 19.1. The van der Waals surface area contributed by atoms with Crippen molar-refractivity contribution in [2.24, 2.45) is 0 Å². The van der Waals surface area contributed by atoms with Crippen LogP contribution in [0.5, 0.6) is 0 Å². The Labute approximate surface area is 147 Å². The van der Waals surface area contributed by atoms with Gasteiger partial charge in [0.1, 0.15) is 23.6 Å². The molecule has 1 amide bonds. The molecule has 2 heterocycles. The van der Waals surface area contributed by atoms with Gasteiger partial charge in [-0.05, 0) is 51.8 Å². The summed E-state index contributed by atoms with van der Waals surface area (Å²) in [6.07, 6.45) is 2.04. The number of likely N-dealkylation sites (tertiary alicyclic amines) is 1. The average molecular weight is 345 g/mol. The predicted octanol–water partition coefficient (Wildman–Crippen LogP) is 4.20. The number of benzene rings is 1. The first kappa shape index (κ1) is 17.5. The number of rotatable bonds is 2. The van der Waals surface area contributed by atoms with E-state index in [2.05, 4.69) is 4.98 Å². The molecule has 1 aromatic heterocycles. The van der Waals surface area contributed by atoms with Gasteiger partial charge in [0.15, 0.2) is 0 Å². The van der Waals surface area contributed by atoms with Crippen LogP contribution >= 0.6 is 0 Å². The van der Waals surface area contributed by atoms with Crippen molar-refractivity contribution >= 4 is 6.09 Å². The second kappa shape index (κ2) is 6.50. The molecular weight excluding hydrogens is 321 g/mol. The zero-order valence-corrected chi connectivity index (χ0v) is 15.1. The number of halogens is 1. The maximum atomic E-state index is 14.7. The van der Waals surface area contributed by atoms with E-state index in [4.69, 9.17) is 4.74 Å². The molecule has 2 aromatic rings. The van der Waals surface area contributed by atoms with Crippen molar-refractivity contribution in [2.45, 2.75) is 51.9 Å². The number of alkyl halides is 1. The Morgan fingerprint density at radius 1 is 1.36 bits per heavy atom. The lowest BCUT2D eigenvalue weighted by molar-refractivity contribution is 0.0184. The molecule has 1 fully saturated rings. The van der Waals surface area contributed by atoms with E-state index in [9.17, 15) is 9.18 Å². The fraction of sp³-hybridized carbons (Fsp3) is 0.474. The van der Waals surface area contributed by atoms with Crippen LogP contribution in [0.3, 0.4) is 0 Å². The quantitative estimate of drug-likeness (QED) is 0.819. The Kier molecular flexibility index (Phi) is 4.54.